The summed E-state index contributed by atoms with van der Waals surface area (Å²) in [5, 5.41) is 11.7. The highest BCUT2D eigenvalue weighted by atomic mass is 79.9. The predicted octanol–water partition coefficient (Wildman–Crippen LogP) is 4.29. The fourth-order valence-corrected chi connectivity index (χ4v) is 2.04. The maximum absolute atomic E-state index is 12.8. The third-order valence-corrected chi connectivity index (χ3v) is 3.28. The Hall–Kier alpha value is -0.750. The third kappa shape index (κ3) is 5.40. The number of alkyl halides is 3. The Morgan fingerprint density at radius 3 is 2.63 bits per heavy atom. The zero-order chi connectivity index (χ0) is 14.5. The quantitative estimate of drug-likeness (QED) is 0.758. The monoisotopic (exact) mass is 339 g/mol. The molecule has 1 aromatic rings. The molecule has 0 radical (unpaired) electrons. The molecule has 6 heteroatoms. The van der Waals surface area contributed by atoms with Crippen molar-refractivity contribution in [3.8, 4) is 0 Å². The first-order chi connectivity index (χ1) is 8.84. The molecule has 2 N–H and O–H groups in total. The first-order valence-corrected chi connectivity index (χ1v) is 6.85. The van der Waals surface area contributed by atoms with Crippen LogP contribution in [0.4, 0.5) is 18.9 Å². The summed E-state index contributed by atoms with van der Waals surface area (Å²) < 4.78 is 39.0. The number of aliphatic hydroxyl groups is 1. The molecule has 19 heavy (non-hydrogen) atoms. The SMILES string of the molecule is CC(CO)CCCNc1cc(Br)ccc1C(F)(F)F. The van der Waals surface area contributed by atoms with Crippen LogP contribution in [0.15, 0.2) is 22.7 Å². The molecule has 1 aromatic carbocycles. The van der Waals surface area contributed by atoms with Crippen LogP contribution in [0.3, 0.4) is 0 Å². The van der Waals surface area contributed by atoms with Crippen LogP contribution in [-0.2, 0) is 6.18 Å². The molecular formula is C13H17BrF3NO. The number of rotatable bonds is 6. The molecule has 1 atom stereocenters. The molecule has 0 aliphatic heterocycles. The van der Waals surface area contributed by atoms with Gasteiger partial charge in [-0.2, -0.15) is 13.2 Å². The number of hydrogen-bond acceptors (Lipinski definition) is 2. The summed E-state index contributed by atoms with van der Waals surface area (Å²) >= 11 is 3.17. The van der Waals surface area contributed by atoms with Gasteiger partial charge in [0.25, 0.3) is 0 Å². The van der Waals surface area contributed by atoms with Crippen molar-refractivity contribution in [3.63, 3.8) is 0 Å². The molecule has 0 spiro atoms. The van der Waals surface area contributed by atoms with Gasteiger partial charge in [0.2, 0.25) is 0 Å². The van der Waals surface area contributed by atoms with Crippen molar-refractivity contribution < 1.29 is 18.3 Å². The number of aliphatic hydroxyl groups excluding tert-OH is 1. The summed E-state index contributed by atoms with van der Waals surface area (Å²) in [6.45, 7) is 2.45. The summed E-state index contributed by atoms with van der Waals surface area (Å²) in [6, 6.07) is 3.86. The second-order valence-corrected chi connectivity index (χ2v) is 5.46. The van der Waals surface area contributed by atoms with E-state index in [4.69, 9.17) is 5.11 Å². The zero-order valence-corrected chi connectivity index (χ0v) is 12.2. The Kier molecular flexibility index (Phi) is 6.13. The van der Waals surface area contributed by atoms with Crippen LogP contribution in [0.1, 0.15) is 25.3 Å². The Morgan fingerprint density at radius 2 is 2.05 bits per heavy atom. The molecule has 0 amide bonds. The lowest BCUT2D eigenvalue weighted by atomic mass is 10.1. The molecule has 0 bridgehead atoms. The van der Waals surface area contributed by atoms with Crippen LogP contribution in [0.5, 0.6) is 0 Å². The standard InChI is InChI=1S/C13H17BrF3NO/c1-9(8-19)3-2-6-18-12-7-10(14)4-5-11(12)13(15,16)17/h4-5,7,9,18-19H,2-3,6,8H2,1H3. The number of benzene rings is 1. The summed E-state index contributed by atoms with van der Waals surface area (Å²) in [7, 11) is 0. The second-order valence-electron chi connectivity index (χ2n) is 4.54. The summed E-state index contributed by atoms with van der Waals surface area (Å²) in [5.41, 5.74) is -0.579. The Bertz CT molecular complexity index is 409. The van der Waals surface area contributed by atoms with Crippen LogP contribution in [0.2, 0.25) is 0 Å². The Labute approximate surface area is 119 Å². The van der Waals surface area contributed by atoms with Crippen LogP contribution in [0, 0.1) is 5.92 Å². The highest BCUT2D eigenvalue weighted by Crippen LogP contribution is 2.36. The van der Waals surface area contributed by atoms with Crippen molar-refractivity contribution in [1.29, 1.82) is 0 Å². The lowest BCUT2D eigenvalue weighted by Crippen LogP contribution is -2.12. The van der Waals surface area contributed by atoms with Crippen molar-refractivity contribution in [2.24, 2.45) is 5.92 Å². The number of halogens is 4. The van der Waals surface area contributed by atoms with E-state index in [0.717, 1.165) is 12.5 Å². The molecule has 1 unspecified atom stereocenters. The van der Waals surface area contributed by atoms with Gasteiger partial charge in [0.05, 0.1) is 5.56 Å². The minimum Gasteiger partial charge on any atom is -0.396 e. The van der Waals surface area contributed by atoms with Crippen molar-refractivity contribution in [2.75, 3.05) is 18.5 Å². The van der Waals surface area contributed by atoms with E-state index in [9.17, 15) is 13.2 Å². The summed E-state index contributed by atoms with van der Waals surface area (Å²) in [4.78, 5) is 0. The van der Waals surface area contributed by atoms with Gasteiger partial charge in [0, 0.05) is 23.3 Å². The predicted molar refractivity (Wildman–Crippen MR) is 73.1 cm³/mol. The first kappa shape index (κ1) is 16.3. The molecule has 0 aliphatic rings. The van der Waals surface area contributed by atoms with Crippen LogP contribution < -0.4 is 5.32 Å². The highest BCUT2D eigenvalue weighted by Gasteiger charge is 2.33. The average molecular weight is 340 g/mol. The molecule has 0 fully saturated rings. The number of anilines is 1. The van der Waals surface area contributed by atoms with Gasteiger partial charge in [-0.15, -0.1) is 0 Å². The molecule has 0 saturated heterocycles. The third-order valence-electron chi connectivity index (χ3n) is 2.79. The van der Waals surface area contributed by atoms with Gasteiger partial charge in [0.1, 0.15) is 0 Å². The van der Waals surface area contributed by atoms with E-state index in [2.05, 4.69) is 21.2 Å². The van der Waals surface area contributed by atoms with Gasteiger partial charge < -0.3 is 10.4 Å². The van der Waals surface area contributed by atoms with E-state index in [1.54, 1.807) is 0 Å². The van der Waals surface area contributed by atoms with Gasteiger partial charge >= 0.3 is 6.18 Å². The minimum absolute atomic E-state index is 0.0820. The normalized spacial score (nSPS) is 13.4. The maximum atomic E-state index is 12.8. The van der Waals surface area contributed by atoms with E-state index < -0.39 is 11.7 Å². The van der Waals surface area contributed by atoms with Gasteiger partial charge in [-0.3, -0.25) is 0 Å². The van der Waals surface area contributed by atoms with E-state index in [-0.39, 0.29) is 18.2 Å². The van der Waals surface area contributed by atoms with Crippen molar-refractivity contribution in [3.05, 3.63) is 28.2 Å². The molecule has 0 saturated carbocycles. The number of hydrogen-bond donors (Lipinski definition) is 2. The Morgan fingerprint density at radius 1 is 1.37 bits per heavy atom. The van der Waals surface area contributed by atoms with E-state index in [1.807, 2.05) is 6.92 Å². The smallest absolute Gasteiger partial charge is 0.396 e. The average Bonchev–Trinajstić information content (AvgIpc) is 2.32. The molecule has 0 heterocycles. The van der Waals surface area contributed by atoms with E-state index in [1.165, 1.54) is 12.1 Å². The fourth-order valence-electron chi connectivity index (χ4n) is 1.67. The fraction of sp³-hybridized carbons (Fsp3) is 0.538. The van der Waals surface area contributed by atoms with E-state index in [0.29, 0.717) is 17.4 Å². The van der Waals surface area contributed by atoms with Crippen molar-refractivity contribution >= 4 is 21.6 Å². The van der Waals surface area contributed by atoms with Gasteiger partial charge in [-0.25, -0.2) is 0 Å². The van der Waals surface area contributed by atoms with Crippen LogP contribution in [-0.4, -0.2) is 18.3 Å². The summed E-state index contributed by atoms with van der Waals surface area (Å²) in [6.07, 6.45) is -2.87. The first-order valence-electron chi connectivity index (χ1n) is 6.06. The topological polar surface area (TPSA) is 32.3 Å². The lowest BCUT2D eigenvalue weighted by molar-refractivity contribution is -0.137. The molecule has 0 aromatic heterocycles. The lowest BCUT2D eigenvalue weighted by Gasteiger charge is -2.15. The molecule has 0 aliphatic carbocycles. The molecule has 108 valence electrons. The van der Waals surface area contributed by atoms with Crippen molar-refractivity contribution in [2.45, 2.75) is 25.9 Å². The highest BCUT2D eigenvalue weighted by molar-refractivity contribution is 9.10. The molecule has 1 rings (SSSR count). The second kappa shape index (κ2) is 7.14. The maximum Gasteiger partial charge on any atom is 0.418 e. The van der Waals surface area contributed by atoms with Gasteiger partial charge in [0.15, 0.2) is 0 Å². The molecule has 2 nitrogen and oxygen atoms in total. The van der Waals surface area contributed by atoms with Crippen LogP contribution >= 0.6 is 15.9 Å². The van der Waals surface area contributed by atoms with Gasteiger partial charge in [-0.05, 0) is 37.0 Å². The number of nitrogens with one attached hydrogen (secondary N) is 1. The van der Waals surface area contributed by atoms with Crippen molar-refractivity contribution in [1.82, 2.24) is 0 Å². The Balaban J connectivity index is 2.64. The molecular weight excluding hydrogens is 323 g/mol. The largest absolute Gasteiger partial charge is 0.418 e. The minimum atomic E-state index is -4.36. The summed E-state index contributed by atoms with van der Waals surface area (Å²) in [5.74, 6) is 0.173. The van der Waals surface area contributed by atoms with Gasteiger partial charge in [-0.1, -0.05) is 22.9 Å². The van der Waals surface area contributed by atoms with Crippen LogP contribution in [0.25, 0.3) is 0 Å². The van der Waals surface area contributed by atoms with E-state index >= 15 is 0 Å². The zero-order valence-electron chi connectivity index (χ0n) is 10.6.